The van der Waals surface area contributed by atoms with Gasteiger partial charge in [-0.1, -0.05) is 6.07 Å². The van der Waals surface area contributed by atoms with E-state index in [0.717, 1.165) is 25.2 Å². The van der Waals surface area contributed by atoms with Crippen LogP contribution in [0.15, 0.2) is 18.3 Å². The van der Waals surface area contributed by atoms with Crippen LogP contribution in [0.1, 0.15) is 5.56 Å². The standard InChI is InChI=1S/C11H17N3O2/c12-11-2-1-9(5-13-11)6-14-3-4-16-10(7-14)8-15/h1-2,5,10,15H,3-4,6-8H2,(H2,12,13). The summed E-state index contributed by atoms with van der Waals surface area (Å²) in [5.74, 6) is 0.541. The van der Waals surface area contributed by atoms with Crippen LogP contribution >= 0.6 is 0 Å². The van der Waals surface area contributed by atoms with E-state index in [-0.39, 0.29) is 12.7 Å². The van der Waals surface area contributed by atoms with Gasteiger partial charge in [-0.05, 0) is 11.6 Å². The zero-order chi connectivity index (χ0) is 11.4. The fourth-order valence-electron chi connectivity index (χ4n) is 1.82. The minimum Gasteiger partial charge on any atom is -0.394 e. The molecule has 1 unspecified atom stereocenters. The van der Waals surface area contributed by atoms with Crippen LogP contribution in [0.25, 0.3) is 0 Å². The lowest BCUT2D eigenvalue weighted by atomic mass is 10.2. The highest BCUT2D eigenvalue weighted by Gasteiger charge is 2.19. The number of nitrogens with two attached hydrogens (primary N) is 1. The molecule has 0 aromatic carbocycles. The minimum atomic E-state index is -0.0597. The summed E-state index contributed by atoms with van der Waals surface area (Å²) in [5, 5.41) is 9.03. The average molecular weight is 223 g/mol. The number of aliphatic hydroxyl groups excluding tert-OH is 1. The van der Waals surface area contributed by atoms with Crippen LogP contribution in [0.3, 0.4) is 0 Å². The van der Waals surface area contributed by atoms with Crippen LogP contribution in [0.4, 0.5) is 5.82 Å². The van der Waals surface area contributed by atoms with Crippen LogP contribution in [-0.2, 0) is 11.3 Å². The number of ether oxygens (including phenoxy) is 1. The van der Waals surface area contributed by atoms with E-state index in [4.69, 9.17) is 15.6 Å². The molecule has 1 aliphatic rings. The maximum Gasteiger partial charge on any atom is 0.123 e. The van der Waals surface area contributed by atoms with E-state index in [1.165, 1.54) is 0 Å². The highest BCUT2D eigenvalue weighted by molar-refractivity contribution is 5.29. The van der Waals surface area contributed by atoms with Crippen LogP contribution in [-0.4, -0.2) is 47.4 Å². The van der Waals surface area contributed by atoms with Crippen molar-refractivity contribution in [3.05, 3.63) is 23.9 Å². The topological polar surface area (TPSA) is 71.6 Å². The molecule has 5 heteroatoms. The number of hydrogen-bond donors (Lipinski definition) is 2. The molecule has 0 saturated carbocycles. The molecular weight excluding hydrogens is 206 g/mol. The van der Waals surface area contributed by atoms with Crippen molar-refractivity contribution in [3.8, 4) is 0 Å². The summed E-state index contributed by atoms with van der Waals surface area (Å²) in [6.07, 6.45) is 1.73. The third-order valence-electron chi connectivity index (χ3n) is 2.68. The number of aromatic nitrogens is 1. The third-order valence-corrected chi connectivity index (χ3v) is 2.68. The van der Waals surface area contributed by atoms with Crippen molar-refractivity contribution in [2.75, 3.05) is 32.0 Å². The maximum absolute atomic E-state index is 9.03. The second-order valence-electron chi connectivity index (χ2n) is 4.00. The van der Waals surface area contributed by atoms with Crippen LogP contribution in [0.5, 0.6) is 0 Å². The smallest absolute Gasteiger partial charge is 0.123 e. The lowest BCUT2D eigenvalue weighted by Crippen LogP contribution is -2.43. The van der Waals surface area contributed by atoms with E-state index in [0.29, 0.717) is 12.4 Å². The monoisotopic (exact) mass is 223 g/mol. The number of aliphatic hydroxyl groups is 1. The van der Waals surface area contributed by atoms with Gasteiger partial charge in [0.15, 0.2) is 0 Å². The van der Waals surface area contributed by atoms with Crippen molar-refractivity contribution in [3.63, 3.8) is 0 Å². The highest BCUT2D eigenvalue weighted by atomic mass is 16.5. The molecule has 0 spiro atoms. The first kappa shape index (κ1) is 11.3. The molecule has 16 heavy (non-hydrogen) atoms. The van der Waals surface area contributed by atoms with Crippen molar-refractivity contribution < 1.29 is 9.84 Å². The second-order valence-corrected chi connectivity index (χ2v) is 4.00. The Kier molecular flexibility index (Phi) is 3.71. The van der Waals surface area contributed by atoms with Gasteiger partial charge in [-0.3, -0.25) is 4.90 Å². The fraction of sp³-hybridized carbons (Fsp3) is 0.545. The number of nitrogen functional groups attached to an aromatic ring is 1. The Labute approximate surface area is 94.8 Å². The third kappa shape index (κ3) is 2.91. The summed E-state index contributed by atoms with van der Waals surface area (Å²) >= 11 is 0. The van der Waals surface area contributed by atoms with Crippen molar-refractivity contribution in [2.45, 2.75) is 12.6 Å². The Morgan fingerprint density at radius 3 is 3.12 bits per heavy atom. The Balaban J connectivity index is 1.91. The van der Waals surface area contributed by atoms with E-state index in [1.54, 1.807) is 12.3 Å². The molecule has 3 N–H and O–H groups in total. The molecule has 0 bridgehead atoms. The molecule has 1 saturated heterocycles. The lowest BCUT2D eigenvalue weighted by molar-refractivity contribution is -0.0551. The summed E-state index contributed by atoms with van der Waals surface area (Å²) in [7, 11) is 0. The van der Waals surface area contributed by atoms with Crippen molar-refractivity contribution in [1.29, 1.82) is 0 Å². The molecular formula is C11H17N3O2. The van der Waals surface area contributed by atoms with Gasteiger partial charge in [0, 0.05) is 25.8 Å². The molecule has 1 aliphatic heterocycles. The van der Waals surface area contributed by atoms with Gasteiger partial charge in [0.25, 0.3) is 0 Å². The molecule has 1 atom stereocenters. The minimum absolute atomic E-state index is 0.0597. The number of nitrogens with zero attached hydrogens (tertiary/aromatic N) is 2. The van der Waals surface area contributed by atoms with E-state index in [9.17, 15) is 0 Å². The van der Waals surface area contributed by atoms with Crippen LogP contribution in [0.2, 0.25) is 0 Å². The molecule has 0 amide bonds. The number of anilines is 1. The maximum atomic E-state index is 9.03. The van der Waals surface area contributed by atoms with Gasteiger partial charge in [0.05, 0.1) is 19.3 Å². The zero-order valence-corrected chi connectivity index (χ0v) is 9.17. The Bertz CT molecular complexity index is 329. The zero-order valence-electron chi connectivity index (χ0n) is 9.17. The van der Waals surface area contributed by atoms with Gasteiger partial charge in [-0.15, -0.1) is 0 Å². The Morgan fingerprint density at radius 1 is 1.56 bits per heavy atom. The van der Waals surface area contributed by atoms with E-state index >= 15 is 0 Å². The number of hydrogen-bond acceptors (Lipinski definition) is 5. The van der Waals surface area contributed by atoms with Gasteiger partial charge >= 0.3 is 0 Å². The van der Waals surface area contributed by atoms with Gasteiger partial charge in [0.2, 0.25) is 0 Å². The summed E-state index contributed by atoms with van der Waals surface area (Å²) in [6, 6.07) is 3.78. The SMILES string of the molecule is Nc1ccc(CN2CCOC(CO)C2)cn1. The second kappa shape index (κ2) is 5.25. The van der Waals surface area contributed by atoms with E-state index in [1.807, 2.05) is 6.07 Å². The fourth-order valence-corrected chi connectivity index (χ4v) is 1.82. The summed E-state index contributed by atoms with van der Waals surface area (Å²) in [5.41, 5.74) is 6.66. The largest absolute Gasteiger partial charge is 0.394 e. The first-order chi connectivity index (χ1) is 7.78. The number of pyridine rings is 1. The number of morpholine rings is 1. The summed E-state index contributed by atoms with van der Waals surface area (Å²) < 4.78 is 5.39. The molecule has 1 fully saturated rings. The van der Waals surface area contributed by atoms with Gasteiger partial charge in [-0.2, -0.15) is 0 Å². The predicted molar refractivity (Wildman–Crippen MR) is 60.8 cm³/mol. The van der Waals surface area contributed by atoms with E-state index < -0.39 is 0 Å². The average Bonchev–Trinajstić information content (AvgIpc) is 2.32. The highest BCUT2D eigenvalue weighted by Crippen LogP contribution is 2.10. The number of rotatable bonds is 3. The molecule has 0 aliphatic carbocycles. The van der Waals surface area contributed by atoms with Gasteiger partial charge < -0.3 is 15.6 Å². The molecule has 2 rings (SSSR count). The first-order valence-electron chi connectivity index (χ1n) is 5.43. The Morgan fingerprint density at radius 2 is 2.44 bits per heavy atom. The normalized spacial score (nSPS) is 22.2. The predicted octanol–water partition coefficient (Wildman–Crippen LogP) is -0.143. The van der Waals surface area contributed by atoms with Gasteiger partial charge in [0.1, 0.15) is 5.82 Å². The molecule has 2 heterocycles. The van der Waals surface area contributed by atoms with Crippen molar-refractivity contribution in [2.24, 2.45) is 0 Å². The van der Waals surface area contributed by atoms with E-state index in [2.05, 4.69) is 9.88 Å². The van der Waals surface area contributed by atoms with Gasteiger partial charge in [-0.25, -0.2) is 4.98 Å². The summed E-state index contributed by atoms with van der Waals surface area (Å²) in [4.78, 5) is 6.30. The summed E-state index contributed by atoms with van der Waals surface area (Å²) in [6.45, 7) is 3.24. The van der Waals surface area contributed by atoms with Crippen LogP contribution in [0, 0.1) is 0 Å². The molecule has 5 nitrogen and oxygen atoms in total. The molecule has 1 aromatic rings. The van der Waals surface area contributed by atoms with Crippen LogP contribution < -0.4 is 5.73 Å². The molecule has 88 valence electrons. The molecule has 1 aromatic heterocycles. The Hall–Kier alpha value is -1.17. The van der Waals surface area contributed by atoms with Crippen molar-refractivity contribution >= 4 is 5.82 Å². The lowest BCUT2D eigenvalue weighted by Gasteiger charge is -2.31. The first-order valence-corrected chi connectivity index (χ1v) is 5.43. The molecule has 0 radical (unpaired) electrons. The quantitative estimate of drug-likeness (QED) is 0.746. The van der Waals surface area contributed by atoms with Crippen molar-refractivity contribution in [1.82, 2.24) is 9.88 Å².